The minimum Gasteiger partial charge on any atom is -0.330 e. The van der Waals surface area contributed by atoms with Crippen LogP contribution in [0.4, 0.5) is 0 Å². The third-order valence-corrected chi connectivity index (χ3v) is 4.26. The maximum absolute atomic E-state index is 5.89. The Morgan fingerprint density at radius 1 is 1.44 bits per heavy atom. The van der Waals surface area contributed by atoms with Crippen LogP contribution in [0.25, 0.3) is 0 Å². The van der Waals surface area contributed by atoms with E-state index in [-0.39, 0.29) is 0 Å². The molecule has 2 N–H and O–H groups in total. The first kappa shape index (κ1) is 13.2. The van der Waals surface area contributed by atoms with Gasteiger partial charge in [0.05, 0.1) is 24.1 Å². The monoisotopic (exact) mass is 264 g/mol. The lowest BCUT2D eigenvalue weighted by Crippen LogP contribution is -2.21. The van der Waals surface area contributed by atoms with Crippen molar-refractivity contribution >= 4 is 11.3 Å². The molecule has 98 valence electrons. The van der Waals surface area contributed by atoms with E-state index in [1.807, 2.05) is 25.0 Å². The number of aromatic nitrogens is 3. The van der Waals surface area contributed by atoms with Crippen LogP contribution in [-0.4, -0.2) is 21.1 Å². The maximum Gasteiger partial charge on any atom is 0.0951 e. The van der Waals surface area contributed by atoms with Gasteiger partial charge in [-0.3, -0.25) is 0 Å². The predicted molar refractivity (Wildman–Crippen MR) is 74.8 cm³/mol. The Kier molecular flexibility index (Phi) is 4.14. The molecule has 0 radical (unpaired) electrons. The summed E-state index contributed by atoms with van der Waals surface area (Å²) < 4.78 is 2.19. The van der Waals surface area contributed by atoms with Crippen molar-refractivity contribution in [2.75, 3.05) is 6.54 Å². The van der Waals surface area contributed by atoms with Crippen molar-refractivity contribution in [2.24, 2.45) is 11.7 Å². The van der Waals surface area contributed by atoms with Gasteiger partial charge in [0.1, 0.15) is 0 Å². The van der Waals surface area contributed by atoms with Crippen LogP contribution in [0.1, 0.15) is 36.0 Å². The van der Waals surface area contributed by atoms with E-state index in [4.69, 9.17) is 5.73 Å². The molecule has 2 aromatic heterocycles. The van der Waals surface area contributed by atoms with Gasteiger partial charge in [0.2, 0.25) is 0 Å². The Hall–Kier alpha value is -1.20. The summed E-state index contributed by atoms with van der Waals surface area (Å²) >= 11 is 1.69. The van der Waals surface area contributed by atoms with Crippen LogP contribution < -0.4 is 5.73 Å². The van der Waals surface area contributed by atoms with Crippen molar-refractivity contribution in [1.82, 2.24) is 14.5 Å². The fraction of sp³-hybridized carbons (Fsp3) is 0.538. The Morgan fingerprint density at radius 2 is 2.22 bits per heavy atom. The molecular formula is C13H20N4S. The molecule has 2 heterocycles. The van der Waals surface area contributed by atoms with Gasteiger partial charge in [-0.2, -0.15) is 0 Å². The average Bonchev–Trinajstić information content (AvgIpc) is 2.91. The highest BCUT2D eigenvalue weighted by molar-refractivity contribution is 7.09. The number of imidazole rings is 1. The molecule has 4 nitrogen and oxygen atoms in total. The van der Waals surface area contributed by atoms with Crippen LogP contribution in [-0.2, 0) is 6.54 Å². The van der Waals surface area contributed by atoms with Crippen molar-refractivity contribution in [1.29, 1.82) is 0 Å². The van der Waals surface area contributed by atoms with Gasteiger partial charge in [-0.15, -0.1) is 11.3 Å². The van der Waals surface area contributed by atoms with Gasteiger partial charge in [-0.05, 0) is 12.8 Å². The van der Waals surface area contributed by atoms with Crippen molar-refractivity contribution in [2.45, 2.75) is 33.2 Å². The lowest BCUT2D eigenvalue weighted by Gasteiger charge is -2.20. The summed E-state index contributed by atoms with van der Waals surface area (Å²) in [5.41, 5.74) is 10.1. The molecule has 5 heteroatoms. The summed E-state index contributed by atoms with van der Waals surface area (Å²) in [6, 6.07) is 0. The molecule has 0 aromatic carbocycles. The molecule has 0 saturated carbocycles. The number of aryl methyl sites for hydroxylation is 1. The number of hydrogen-bond donors (Lipinski definition) is 1. The molecule has 2 rings (SSSR count). The highest BCUT2D eigenvalue weighted by Crippen LogP contribution is 2.24. The largest absolute Gasteiger partial charge is 0.330 e. The molecule has 0 aliphatic rings. The predicted octanol–water partition coefficient (Wildman–Crippen LogP) is 2.39. The van der Waals surface area contributed by atoms with Gasteiger partial charge in [-0.25, -0.2) is 9.97 Å². The lowest BCUT2D eigenvalue weighted by atomic mass is 9.93. The molecule has 0 spiro atoms. The molecule has 0 aliphatic heterocycles. The minimum absolute atomic E-state index is 0.362. The van der Waals surface area contributed by atoms with Crippen molar-refractivity contribution in [3.8, 4) is 0 Å². The van der Waals surface area contributed by atoms with Gasteiger partial charge in [0.15, 0.2) is 0 Å². The summed E-state index contributed by atoms with van der Waals surface area (Å²) in [4.78, 5) is 9.85. The van der Waals surface area contributed by atoms with Crippen LogP contribution in [0.5, 0.6) is 0 Å². The van der Waals surface area contributed by atoms with Gasteiger partial charge in [0.25, 0.3) is 0 Å². The molecule has 1 unspecified atom stereocenters. The zero-order valence-corrected chi connectivity index (χ0v) is 11.9. The number of hydrogen-bond acceptors (Lipinski definition) is 4. The third kappa shape index (κ3) is 2.62. The number of rotatable bonds is 5. The summed E-state index contributed by atoms with van der Waals surface area (Å²) in [5.74, 6) is 0.883. The topological polar surface area (TPSA) is 56.7 Å². The van der Waals surface area contributed by atoms with E-state index in [9.17, 15) is 0 Å². The quantitative estimate of drug-likeness (QED) is 0.902. The van der Waals surface area contributed by atoms with Crippen molar-refractivity contribution < 1.29 is 0 Å². The Balaban J connectivity index is 2.25. The van der Waals surface area contributed by atoms with Gasteiger partial charge < -0.3 is 10.3 Å². The fourth-order valence-electron chi connectivity index (χ4n) is 2.14. The summed E-state index contributed by atoms with van der Waals surface area (Å²) in [6.45, 7) is 7.95. The Morgan fingerprint density at radius 3 is 2.78 bits per heavy atom. The summed E-state index contributed by atoms with van der Waals surface area (Å²) in [6.07, 6.45) is 3.83. The minimum atomic E-state index is 0.362. The number of nitrogens with zero attached hydrogens (tertiary/aromatic N) is 3. The second-order valence-corrected chi connectivity index (χ2v) is 5.83. The first-order valence-electron chi connectivity index (χ1n) is 6.22. The van der Waals surface area contributed by atoms with E-state index in [1.165, 1.54) is 10.6 Å². The summed E-state index contributed by atoms with van der Waals surface area (Å²) in [7, 11) is 0. The molecule has 0 amide bonds. The second kappa shape index (κ2) is 5.63. The zero-order chi connectivity index (χ0) is 13.1. The molecular weight excluding hydrogens is 244 g/mol. The molecule has 0 bridgehead atoms. The van der Waals surface area contributed by atoms with Crippen LogP contribution in [0.2, 0.25) is 0 Å². The van der Waals surface area contributed by atoms with Crippen LogP contribution in [0.15, 0.2) is 18.0 Å². The van der Waals surface area contributed by atoms with E-state index in [2.05, 4.69) is 28.4 Å². The number of thiazole rings is 1. The summed E-state index contributed by atoms with van der Waals surface area (Å²) in [5, 5.41) is 0. The van der Waals surface area contributed by atoms with Gasteiger partial charge >= 0.3 is 0 Å². The molecule has 0 fully saturated rings. The average molecular weight is 264 g/mol. The molecule has 18 heavy (non-hydrogen) atoms. The molecule has 0 saturated heterocycles. The molecule has 1 atom stereocenters. The van der Waals surface area contributed by atoms with Gasteiger partial charge in [0, 0.05) is 29.2 Å². The lowest BCUT2D eigenvalue weighted by molar-refractivity contribution is 0.478. The Bertz CT molecular complexity index is 501. The first-order chi connectivity index (χ1) is 8.63. The molecule has 0 aliphatic carbocycles. The van der Waals surface area contributed by atoms with E-state index >= 15 is 0 Å². The SMILES string of the molecule is Cc1ncsc1Cn1cncc1C(CN)C(C)C. The first-order valence-corrected chi connectivity index (χ1v) is 7.10. The van der Waals surface area contributed by atoms with E-state index in [0.29, 0.717) is 18.4 Å². The Labute approximate surface area is 112 Å². The smallest absolute Gasteiger partial charge is 0.0951 e. The van der Waals surface area contributed by atoms with E-state index in [1.54, 1.807) is 11.3 Å². The van der Waals surface area contributed by atoms with E-state index in [0.717, 1.165) is 12.2 Å². The van der Waals surface area contributed by atoms with Crippen LogP contribution >= 0.6 is 11.3 Å². The fourth-order valence-corrected chi connectivity index (χ4v) is 2.91. The van der Waals surface area contributed by atoms with Gasteiger partial charge in [-0.1, -0.05) is 13.8 Å². The normalized spacial score (nSPS) is 13.2. The standard InChI is InChI=1S/C13H20N4S/c1-9(2)11(4-14)12-5-15-7-17(12)6-13-10(3)16-8-18-13/h5,7-9,11H,4,6,14H2,1-3H3. The molecule has 2 aromatic rings. The number of nitrogens with two attached hydrogens (primary N) is 1. The zero-order valence-electron chi connectivity index (χ0n) is 11.1. The maximum atomic E-state index is 5.89. The van der Waals surface area contributed by atoms with Crippen LogP contribution in [0, 0.1) is 12.8 Å². The van der Waals surface area contributed by atoms with Crippen molar-refractivity contribution in [3.63, 3.8) is 0 Å². The highest BCUT2D eigenvalue weighted by atomic mass is 32.1. The van der Waals surface area contributed by atoms with Crippen LogP contribution in [0.3, 0.4) is 0 Å². The third-order valence-electron chi connectivity index (χ3n) is 3.34. The second-order valence-electron chi connectivity index (χ2n) is 4.89. The van der Waals surface area contributed by atoms with Crippen molar-refractivity contribution in [3.05, 3.63) is 34.3 Å². The van der Waals surface area contributed by atoms with E-state index < -0.39 is 0 Å². The highest BCUT2D eigenvalue weighted by Gasteiger charge is 2.18.